The van der Waals surface area contributed by atoms with Gasteiger partial charge in [0.1, 0.15) is 0 Å². The molecule has 0 heterocycles. The minimum absolute atomic E-state index is 0.165. The van der Waals surface area contributed by atoms with E-state index in [0.29, 0.717) is 12.8 Å². The average Bonchev–Trinajstić information content (AvgIpc) is 2.47. The highest BCUT2D eigenvalue weighted by Crippen LogP contribution is 2.31. The topological polar surface area (TPSA) is 52.6 Å². The summed E-state index contributed by atoms with van der Waals surface area (Å²) >= 11 is 0. The molecule has 0 spiro atoms. The van der Waals surface area contributed by atoms with Crippen molar-refractivity contribution in [1.29, 1.82) is 0 Å². The van der Waals surface area contributed by atoms with Gasteiger partial charge in [0.2, 0.25) is 5.60 Å². The van der Waals surface area contributed by atoms with E-state index in [2.05, 4.69) is 0 Å². The first-order valence-electron chi connectivity index (χ1n) is 6.48. The van der Waals surface area contributed by atoms with Crippen molar-refractivity contribution in [3.63, 3.8) is 0 Å². The molecule has 4 heteroatoms. The Kier molecular flexibility index (Phi) is 4.32. The van der Waals surface area contributed by atoms with Crippen LogP contribution in [-0.2, 0) is 25.7 Å². The summed E-state index contributed by atoms with van der Waals surface area (Å²) in [6.45, 7) is 0.238. The van der Waals surface area contributed by atoms with Gasteiger partial charge in [-0.05, 0) is 24.8 Å². The summed E-state index contributed by atoms with van der Waals surface area (Å²) in [7, 11) is 1.29. The molecular weight excluding hydrogens is 244 g/mol. The van der Waals surface area contributed by atoms with Gasteiger partial charge < -0.3 is 9.47 Å². The summed E-state index contributed by atoms with van der Waals surface area (Å²) in [6, 6.07) is 9.50. The maximum atomic E-state index is 12.1. The van der Waals surface area contributed by atoms with Crippen molar-refractivity contribution in [3.8, 4) is 0 Å². The second-order valence-corrected chi connectivity index (χ2v) is 4.72. The van der Waals surface area contributed by atoms with Crippen molar-refractivity contribution in [3.05, 3.63) is 35.9 Å². The van der Waals surface area contributed by atoms with E-state index in [9.17, 15) is 9.59 Å². The molecule has 1 aliphatic rings. The van der Waals surface area contributed by atoms with Gasteiger partial charge in [-0.1, -0.05) is 30.3 Å². The fourth-order valence-corrected chi connectivity index (χ4v) is 2.37. The van der Waals surface area contributed by atoms with Crippen molar-refractivity contribution in [2.75, 3.05) is 7.11 Å². The quantitative estimate of drug-likeness (QED) is 0.617. The Hall–Kier alpha value is -1.68. The first-order chi connectivity index (χ1) is 9.19. The van der Waals surface area contributed by atoms with Crippen LogP contribution in [0.25, 0.3) is 0 Å². The Morgan fingerprint density at radius 1 is 1.26 bits per heavy atom. The average molecular weight is 262 g/mol. The zero-order valence-corrected chi connectivity index (χ0v) is 11.1. The van der Waals surface area contributed by atoms with Crippen molar-refractivity contribution in [1.82, 2.24) is 0 Å². The van der Waals surface area contributed by atoms with Crippen LogP contribution < -0.4 is 0 Å². The molecule has 0 radical (unpaired) electrons. The molecule has 1 saturated carbocycles. The van der Waals surface area contributed by atoms with Crippen molar-refractivity contribution in [2.24, 2.45) is 0 Å². The number of ether oxygens (including phenoxy) is 2. The van der Waals surface area contributed by atoms with Crippen LogP contribution in [0.5, 0.6) is 0 Å². The van der Waals surface area contributed by atoms with Crippen molar-refractivity contribution < 1.29 is 19.1 Å². The van der Waals surface area contributed by atoms with E-state index in [4.69, 9.17) is 9.47 Å². The fraction of sp³-hybridized carbons (Fsp3) is 0.467. The van der Waals surface area contributed by atoms with Gasteiger partial charge in [0.25, 0.3) is 0 Å². The number of rotatable bonds is 4. The number of Topliss-reactive ketones (excluding diaryl/α,β-unsaturated/α-hetero) is 1. The van der Waals surface area contributed by atoms with E-state index in [-0.39, 0.29) is 12.4 Å². The summed E-state index contributed by atoms with van der Waals surface area (Å²) in [6.07, 6.45) is 2.40. The maximum absolute atomic E-state index is 12.1. The number of hydrogen-bond donors (Lipinski definition) is 0. The summed E-state index contributed by atoms with van der Waals surface area (Å²) in [5.41, 5.74) is -0.466. The van der Waals surface area contributed by atoms with Crippen LogP contribution in [0, 0.1) is 0 Å². The molecular formula is C15H18O4. The molecule has 0 saturated heterocycles. The molecule has 0 amide bonds. The lowest BCUT2D eigenvalue weighted by Crippen LogP contribution is -2.51. The number of carbonyl (C=O) groups is 2. The van der Waals surface area contributed by atoms with Gasteiger partial charge in [-0.25, -0.2) is 4.79 Å². The lowest BCUT2D eigenvalue weighted by atomic mass is 9.83. The molecule has 0 aliphatic heterocycles. The second kappa shape index (κ2) is 5.97. The van der Waals surface area contributed by atoms with E-state index < -0.39 is 11.6 Å². The Labute approximate surface area is 112 Å². The molecule has 0 unspecified atom stereocenters. The molecule has 2 rings (SSSR count). The third-order valence-electron chi connectivity index (χ3n) is 3.48. The minimum Gasteiger partial charge on any atom is -0.467 e. The predicted molar refractivity (Wildman–Crippen MR) is 69.5 cm³/mol. The number of carbonyl (C=O) groups excluding carboxylic acids is 2. The summed E-state index contributed by atoms with van der Waals surface area (Å²) in [5, 5.41) is 0. The van der Waals surface area contributed by atoms with Crippen molar-refractivity contribution >= 4 is 11.8 Å². The largest absolute Gasteiger partial charge is 0.467 e. The van der Waals surface area contributed by atoms with E-state index in [1.807, 2.05) is 30.3 Å². The monoisotopic (exact) mass is 262 g/mol. The molecule has 1 aliphatic carbocycles. The Morgan fingerprint density at radius 3 is 2.63 bits per heavy atom. The first kappa shape index (κ1) is 13.7. The van der Waals surface area contributed by atoms with Crippen LogP contribution in [0.1, 0.15) is 31.2 Å². The van der Waals surface area contributed by atoms with Gasteiger partial charge in [0.05, 0.1) is 13.7 Å². The lowest BCUT2D eigenvalue weighted by Gasteiger charge is -2.32. The smallest absolute Gasteiger partial charge is 0.345 e. The van der Waals surface area contributed by atoms with Gasteiger partial charge in [-0.15, -0.1) is 0 Å². The standard InChI is InChI=1S/C15H18O4/c1-18-14(17)15(10-6-5-9-13(15)16)19-11-12-7-3-2-4-8-12/h2-4,7-8H,5-6,9-11H2,1H3/t15-/m1/s1. The van der Waals surface area contributed by atoms with Crippen LogP contribution in [0.2, 0.25) is 0 Å². The fourth-order valence-electron chi connectivity index (χ4n) is 2.37. The van der Waals surface area contributed by atoms with Gasteiger partial charge >= 0.3 is 5.97 Å². The normalized spacial score (nSPS) is 23.1. The number of methoxy groups -OCH3 is 1. The SMILES string of the molecule is COC(=O)[C@@]1(OCc2ccccc2)CCCCC1=O. The predicted octanol–water partition coefficient (Wildman–Crippen LogP) is 2.26. The molecule has 1 aromatic rings. The van der Waals surface area contributed by atoms with E-state index >= 15 is 0 Å². The molecule has 4 nitrogen and oxygen atoms in total. The summed E-state index contributed by atoms with van der Waals surface area (Å²) in [4.78, 5) is 24.1. The molecule has 0 aromatic heterocycles. The molecule has 19 heavy (non-hydrogen) atoms. The Balaban J connectivity index is 2.14. The molecule has 0 bridgehead atoms. The van der Waals surface area contributed by atoms with Crippen LogP contribution in [0.15, 0.2) is 30.3 Å². The Bertz CT molecular complexity index is 444. The Morgan fingerprint density at radius 2 is 2.00 bits per heavy atom. The van der Waals surface area contributed by atoms with Crippen LogP contribution >= 0.6 is 0 Å². The van der Waals surface area contributed by atoms with Crippen LogP contribution in [-0.4, -0.2) is 24.5 Å². The van der Waals surface area contributed by atoms with Gasteiger partial charge in [0.15, 0.2) is 5.78 Å². The number of esters is 1. The molecule has 1 atom stereocenters. The second-order valence-electron chi connectivity index (χ2n) is 4.72. The van der Waals surface area contributed by atoms with Crippen LogP contribution in [0.4, 0.5) is 0 Å². The third kappa shape index (κ3) is 2.84. The zero-order chi connectivity index (χ0) is 13.7. The summed E-state index contributed by atoms with van der Waals surface area (Å²) in [5.74, 6) is -0.741. The number of hydrogen-bond acceptors (Lipinski definition) is 4. The van der Waals surface area contributed by atoms with Crippen LogP contribution in [0.3, 0.4) is 0 Å². The van der Waals surface area contributed by atoms with E-state index in [1.165, 1.54) is 7.11 Å². The van der Waals surface area contributed by atoms with Gasteiger partial charge in [-0.3, -0.25) is 4.79 Å². The molecule has 1 fully saturated rings. The van der Waals surface area contributed by atoms with Gasteiger partial charge in [0, 0.05) is 6.42 Å². The molecule has 102 valence electrons. The third-order valence-corrected chi connectivity index (χ3v) is 3.48. The maximum Gasteiger partial charge on any atom is 0.345 e. The highest BCUT2D eigenvalue weighted by Gasteiger charge is 2.49. The van der Waals surface area contributed by atoms with Crippen molar-refractivity contribution in [2.45, 2.75) is 37.9 Å². The number of ketones is 1. The zero-order valence-electron chi connectivity index (χ0n) is 11.1. The lowest BCUT2D eigenvalue weighted by molar-refractivity contribution is -0.180. The van der Waals surface area contributed by atoms with E-state index in [0.717, 1.165) is 18.4 Å². The highest BCUT2D eigenvalue weighted by atomic mass is 16.6. The minimum atomic E-state index is -1.40. The first-order valence-corrected chi connectivity index (χ1v) is 6.48. The summed E-state index contributed by atoms with van der Waals surface area (Å²) < 4.78 is 10.5. The molecule has 0 N–H and O–H groups in total. The van der Waals surface area contributed by atoms with Gasteiger partial charge in [-0.2, -0.15) is 0 Å². The molecule has 1 aromatic carbocycles. The van der Waals surface area contributed by atoms with E-state index in [1.54, 1.807) is 0 Å². The number of benzene rings is 1. The highest BCUT2D eigenvalue weighted by molar-refractivity contribution is 6.07.